The molecule has 12 heavy (non-hydrogen) atoms. The molecule has 1 rings (SSSR count). The van der Waals surface area contributed by atoms with Crippen LogP contribution in [0.5, 0.6) is 5.75 Å². The lowest BCUT2D eigenvalue weighted by Crippen LogP contribution is -1.95. The molecule has 0 saturated carbocycles. The molecule has 66 valence electrons. The van der Waals surface area contributed by atoms with Crippen LogP contribution >= 0.6 is 15.9 Å². The van der Waals surface area contributed by atoms with E-state index in [1.54, 1.807) is 0 Å². The summed E-state index contributed by atoms with van der Waals surface area (Å²) in [6.07, 6.45) is 0. The fraction of sp³-hybridized carbons (Fsp3) is 0.400. The number of aryl methyl sites for hydroxylation is 1. The third-order valence-corrected chi connectivity index (χ3v) is 2.56. The van der Waals surface area contributed by atoms with Gasteiger partial charge < -0.3 is 4.74 Å². The Balaban J connectivity index is 3.09. The van der Waals surface area contributed by atoms with Gasteiger partial charge in [0.1, 0.15) is 5.75 Å². The van der Waals surface area contributed by atoms with E-state index in [2.05, 4.69) is 41.9 Å². The molecule has 2 heteroatoms. The summed E-state index contributed by atoms with van der Waals surface area (Å²) in [7, 11) is 0. The molecule has 0 N–H and O–H groups in total. The Bertz CT molecular complexity index is 281. The van der Waals surface area contributed by atoms with Gasteiger partial charge in [0.2, 0.25) is 0 Å². The van der Waals surface area contributed by atoms with Gasteiger partial charge in [0.05, 0.1) is 6.61 Å². The molecule has 1 aromatic carbocycles. The molecule has 0 unspecified atom stereocenters. The summed E-state index contributed by atoms with van der Waals surface area (Å²) in [5.41, 5.74) is 2.39. The number of hydrogen-bond donors (Lipinski definition) is 0. The van der Waals surface area contributed by atoms with E-state index in [1.165, 1.54) is 11.1 Å². The molecule has 0 atom stereocenters. The van der Waals surface area contributed by atoms with Crippen LogP contribution in [0.15, 0.2) is 16.6 Å². The fourth-order valence-corrected chi connectivity index (χ4v) is 1.64. The number of rotatable bonds is 2. The van der Waals surface area contributed by atoms with E-state index in [0.29, 0.717) is 0 Å². The molecule has 0 aliphatic carbocycles. The Hall–Kier alpha value is -0.500. The average Bonchev–Trinajstić information content (AvgIpc) is 2.00. The van der Waals surface area contributed by atoms with Gasteiger partial charge in [0, 0.05) is 10.0 Å². The zero-order chi connectivity index (χ0) is 9.14. The van der Waals surface area contributed by atoms with Crippen molar-refractivity contribution >= 4 is 15.9 Å². The molecule has 0 saturated heterocycles. The van der Waals surface area contributed by atoms with Crippen LogP contribution in [0.3, 0.4) is 0 Å². The molecule has 1 nitrogen and oxygen atoms in total. The lowest BCUT2D eigenvalue weighted by Gasteiger charge is -2.09. The van der Waals surface area contributed by atoms with Crippen molar-refractivity contribution in [2.45, 2.75) is 20.8 Å². The Morgan fingerprint density at radius 1 is 1.33 bits per heavy atom. The molecule has 0 spiro atoms. The highest BCUT2D eigenvalue weighted by Gasteiger charge is 2.03. The fourth-order valence-electron chi connectivity index (χ4n) is 1.09. The van der Waals surface area contributed by atoms with Gasteiger partial charge in [-0.1, -0.05) is 15.9 Å². The van der Waals surface area contributed by atoms with Crippen LogP contribution in [0.4, 0.5) is 0 Å². The Labute approximate surface area is 81.9 Å². The molecular formula is C10H13BrO. The monoisotopic (exact) mass is 228 g/mol. The van der Waals surface area contributed by atoms with E-state index < -0.39 is 0 Å². The lowest BCUT2D eigenvalue weighted by molar-refractivity contribution is 0.337. The summed E-state index contributed by atoms with van der Waals surface area (Å²) in [5, 5.41) is 0. The van der Waals surface area contributed by atoms with Crippen LogP contribution in [0.25, 0.3) is 0 Å². The highest BCUT2D eigenvalue weighted by Crippen LogP contribution is 2.27. The first-order valence-electron chi connectivity index (χ1n) is 4.04. The van der Waals surface area contributed by atoms with Gasteiger partial charge in [-0.2, -0.15) is 0 Å². The van der Waals surface area contributed by atoms with Crippen molar-refractivity contribution in [1.29, 1.82) is 0 Å². The third kappa shape index (κ3) is 2.01. The first kappa shape index (κ1) is 9.59. The predicted octanol–water partition coefficient (Wildman–Crippen LogP) is 3.46. The summed E-state index contributed by atoms with van der Waals surface area (Å²) in [5.74, 6) is 0.976. The summed E-state index contributed by atoms with van der Waals surface area (Å²) in [6, 6.07) is 4.15. The van der Waals surface area contributed by atoms with Crippen LogP contribution < -0.4 is 4.74 Å². The Kier molecular flexibility index (Phi) is 3.15. The highest BCUT2D eigenvalue weighted by molar-refractivity contribution is 9.10. The van der Waals surface area contributed by atoms with Crippen LogP contribution in [0.1, 0.15) is 18.1 Å². The molecule has 0 aliphatic heterocycles. The second-order valence-corrected chi connectivity index (χ2v) is 3.66. The molecule has 0 aliphatic rings. The first-order chi connectivity index (χ1) is 5.65. The van der Waals surface area contributed by atoms with Gasteiger partial charge in [0.15, 0.2) is 0 Å². The summed E-state index contributed by atoms with van der Waals surface area (Å²) in [4.78, 5) is 0. The minimum atomic E-state index is 0.719. The van der Waals surface area contributed by atoms with Crippen molar-refractivity contribution in [2.24, 2.45) is 0 Å². The van der Waals surface area contributed by atoms with E-state index >= 15 is 0 Å². The standard InChI is InChI=1S/C10H13BrO/c1-4-12-10-6-7(2)5-9(11)8(10)3/h5-6H,4H2,1-3H3. The van der Waals surface area contributed by atoms with Crippen LogP contribution in [0.2, 0.25) is 0 Å². The van der Waals surface area contributed by atoms with E-state index in [0.717, 1.165) is 16.8 Å². The number of ether oxygens (including phenoxy) is 1. The summed E-state index contributed by atoms with van der Waals surface area (Å²) >= 11 is 3.49. The van der Waals surface area contributed by atoms with Gasteiger partial charge in [0.25, 0.3) is 0 Å². The quantitative estimate of drug-likeness (QED) is 0.754. The molecule has 0 radical (unpaired) electrons. The van der Waals surface area contributed by atoms with E-state index in [-0.39, 0.29) is 0 Å². The third-order valence-electron chi connectivity index (χ3n) is 1.74. The Morgan fingerprint density at radius 3 is 2.58 bits per heavy atom. The van der Waals surface area contributed by atoms with Crippen molar-refractivity contribution in [3.63, 3.8) is 0 Å². The zero-order valence-electron chi connectivity index (χ0n) is 7.65. The van der Waals surface area contributed by atoms with E-state index in [1.807, 2.05) is 6.92 Å². The van der Waals surface area contributed by atoms with Crippen molar-refractivity contribution in [2.75, 3.05) is 6.61 Å². The van der Waals surface area contributed by atoms with Gasteiger partial charge in [-0.3, -0.25) is 0 Å². The smallest absolute Gasteiger partial charge is 0.123 e. The second-order valence-electron chi connectivity index (χ2n) is 2.80. The normalized spacial score (nSPS) is 10.0. The van der Waals surface area contributed by atoms with Crippen molar-refractivity contribution < 1.29 is 4.74 Å². The number of hydrogen-bond acceptors (Lipinski definition) is 1. The van der Waals surface area contributed by atoms with Gasteiger partial charge in [-0.25, -0.2) is 0 Å². The second kappa shape index (κ2) is 3.94. The molecule has 0 heterocycles. The molecule has 0 bridgehead atoms. The molecular weight excluding hydrogens is 216 g/mol. The number of benzene rings is 1. The predicted molar refractivity (Wildman–Crippen MR) is 54.8 cm³/mol. The topological polar surface area (TPSA) is 9.23 Å². The van der Waals surface area contributed by atoms with Crippen molar-refractivity contribution in [3.05, 3.63) is 27.7 Å². The first-order valence-corrected chi connectivity index (χ1v) is 4.84. The maximum Gasteiger partial charge on any atom is 0.123 e. The van der Waals surface area contributed by atoms with Crippen LogP contribution in [-0.4, -0.2) is 6.61 Å². The van der Waals surface area contributed by atoms with Crippen LogP contribution in [0, 0.1) is 13.8 Å². The maximum absolute atomic E-state index is 5.47. The van der Waals surface area contributed by atoms with E-state index in [4.69, 9.17) is 4.74 Å². The summed E-state index contributed by atoms with van der Waals surface area (Å²) in [6.45, 7) is 6.83. The van der Waals surface area contributed by atoms with Gasteiger partial charge in [-0.05, 0) is 38.5 Å². The molecule has 0 fully saturated rings. The lowest BCUT2D eigenvalue weighted by atomic mass is 10.1. The zero-order valence-corrected chi connectivity index (χ0v) is 9.23. The largest absolute Gasteiger partial charge is 0.494 e. The van der Waals surface area contributed by atoms with Crippen molar-refractivity contribution in [3.8, 4) is 5.75 Å². The average molecular weight is 229 g/mol. The molecule has 0 amide bonds. The minimum Gasteiger partial charge on any atom is -0.494 e. The van der Waals surface area contributed by atoms with Gasteiger partial charge in [-0.15, -0.1) is 0 Å². The maximum atomic E-state index is 5.47. The Morgan fingerprint density at radius 2 is 2.00 bits per heavy atom. The number of halogens is 1. The SMILES string of the molecule is CCOc1cc(C)cc(Br)c1C. The van der Waals surface area contributed by atoms with E-state index in [9.17, 15) is 0 Å². The molecule has 0 aromatic heterocycles. The van der Waals surface area contributed by atoms with Gasteiger partial charge >= 0.3 is 0 Å². The van der Waals surface area contributed by atoms with Crippen molar-refractivity contribution in [1.82, 2.24) is 0 Å². The summed E-state index contributed by atoms with van der Waals surface area (Å²) < 4.78 is 6.58. The van der Waals surface area contributed by atoms with Crippen LogP contribution in [-0.2, 0) is 0 Å². The molecule has 1 aromatic rings. The minimum absolute atomic E-state index is 0.719. The highest BCUT2D eigenvalue weighted by atomic mass is 79.9.